The smallest absolute Gasteiger partial charge is 0.135 e. The number of hydrogen-bond acceptors (Lipinski definition) is 2. The van der Waals surface area contributed by atoms with Gasteiger partial charge in [-0.3, -0.25) is 0 Å². The third kappa shape index (κ3) is 3.26. The van der Waals surface area contributed by atoms with Crippen LogP contribution in [-0.4, -0.2) is 11.7 Å². The number of para-hydroxylation sites is 1. The topological polar surface area (TPSA) is 29.5 Å². The maximum atomic E-state index is 8.80. The van der Waals surface area contributed by atoms with E-state index < -0.39 is 0 Å². The van der Waals surface area contributed by atoms with E-state index in [4.69, 9.17) is 9.84 Å². The van der Waals surface area contributed by atoms with E-state index >= 15 is 0 Å². The molecule has 0 fully saturated rings. The average molecular weight is 278 g/mol. The molecule has 106 valence electrons. The number of fused-ring (bicyclic) bond motifs is 1. The van der Waals surface area contributed by atoms with Gasteiger partial charge in [0.1, 0.15) is 19.0 Å². The number of ether oxygens (including phenoxy) is 1. The summed E-state index contributed by atoms with van der Waals surface area (Å²) < 4.78 is 5.90. The van der Waals surface area contributed by atoms with Crippen molar-refractivity contribution in [1.82, 2.24) is 0 Å². The van der Waals surface area contributed by atoms with Gasteiger partial charge in [-0.25, -0.2) is 0 Å². The average Bonchev–Trinajstić information content (AvgIpc) is 2.99. The van der Waals surface area contributed by atoms with E-state index in [1.807, 2.05) is 24.3 Å². The first-order valence-electron chi connectivity index (χ1n) is 7.29. The minimum atomic E-state index is -0.140. The Hall–Kier alpha value is -2.24. The fraction of sp³-hybridized carbons (Fsp3) is 0.263. The Morgan fingerprint density at radius 3 is 2.81 bits per heavy atom. The fourth-order valence-electron chi connectivity index (χ4n) is 2.71. The Balaban J connectivity index is 1.73. The van der Waals surface area contributed by atoms with Crippen LogP contribution >= 0.6 is 0 Å². The molecule has 0 radical (unpaired) electrons. The van der Waals surface area contributed by atoms with Gasteiger partial charge in [-0.2, -0.15) is 0 Å². The summed E-state index contributed by atoms with van der Waals surface area (Å²) >= 11 is 0. The molecule has 0 unspecified atom stereocenters. The molecule has 2 aromatic carbocycles. The first kappa shape index (κ1) is 13.7. The Morgan fingerprint density at radius 2 is 1.90 bits per heavy atom. The van der Waals surface area contributed by atoms with Gasteiger partial charge >= 0.3 is 0 Å². The van der Waals surface area contributed by atoms with Gasteiger partial charge in [-0.15, -0.1) is 0 Å². The second kappa shape index (κ2) is 6.47. The summed E-state index contributed by atoms with van der Waals surface area (Å²) in [5, 5.41) is 8.80. The van der Waals surface area contributed by atoms with Crippen molar-refractivity contribution in [2.75, 3.05) is 6.61 Å². The van der Waals surface area contributed by atoms with E-state index in [1.54, 1.807) is 0 Å². The zero-order valence-corrected chi connectivity index (χ0v) is 11.9. The van der Waals surface area contributed by atoms with Crippen LogP contribution < -0.4 is 4.74 Å². The van der Waals surface area contributed by atoms with Crippen molar-refractivity contribution in [3.63, 3.8) is 0 Å². The van der Waals surface area contributed by atoms with Gasteiger partial charge in [0.15, 0.2) is 0 Å². The van der Waals surface area contributed by atoms with Gasteiger partial charge in [-0.05, 0) is 48.1 Å². The van der Waals surface area contributed by atoms with E-state index in [2.05, 4.69) is 30.0 Å². The molecule has 1 aliphatic carbocycles. The molecule has 0 spiro atoms. The van der Waals surface area contributed by atoms with Gasteiger partial charge in [0.25, 0.3) is 0 Å². The lowest BCUT2D eigenvalue weighted by Gasteiger charge is -2.09. The van der Waals surface area contributed by atoms with Crippen molar-refractivity contribution in [3.8, 4) is 17.6 Å². The lowest BCUT2D eigenvalue weighted by molar-refractivity contribution is 0.305. The molecule has 2 aromatic rings. The molecule has 0 aliphatic heterocycles. The largest absolute Gasteiger partial charge is 0.488 e. The summed E-state index contributed by atoms with van der Waals surface area (Å²) in [7, 11) is 0. The first-order chi connectivity index (χ1) is 10.4. The zero-order chi connectivity index (χ0) is 14.5. The van der Waals surface area contributed by atoms with Gasteiger partial charge in [0.05, 0.1) is 5.56 Å². The molecule has 1 aliphatic rings. The van der Waals surface area contributed by atoms with Crippen LogP contribution in [0.4, 0.5) is 0 Å². The molecule has 0 saturated carbocycles. The first-order valence-corrected chi connectivity index (χ1v) is 7.29. The molecule has 2 nitrogen and oxygen atoms in total. The zero-order valence-electron chi connectivity index (χ0n) is 11.9. The van der Waals surface area contributed by atoms with E-state index in [-0.39, 0.29) is 6.61 Å². The molecule has 3 rings (SSSR count). The number of aliphatic hydroxyl groups is 1. The van der Waals surface area contributed by atoms with Gasteiger partial charge < -0.3 is 9.84 Å². The highest BCUT2D eigenvalue weighted by molar-refractivity contribution is 5.46. The van der Waals surface area contributed by atoms with Gasteiger partial charge in [0.2, 0.25) is 0 Å². The van der Waals surface area contributed by atoms with E-state index in [9.17, 15) is 0 Å². The van der Waals surface area contributed by atoms with Crippen molar-refractivity contribution >= 4 is 0 Å². The minimum absolute atomic E-state index is 0.140. The second-order valence-corrected chi connectivity index (χ2v) is 5.20. The van der Waals surface area contributed by atoms with E-state index in [0.717, 1.165) is 11.3 Å². The lowest BCUT2D eigenvalue weighted by atomic mass is 10.1. The maximum absolute atomic E-state index is 8.80. The number of aryl methyl sites for hydroxylation is 2. The fourth-order valence-corrected chi connectivity index (χ4v) is 2.71. The van der Waals surface area contributed by atoms with Crippen LogP contribution in [-0.2, 0) is 19.4 Å². The Bertz CT molecular complexity index is 692. The number of rotatable bonds is 3. The van der Waals surface area contributed by atoms with Crippen molar-refractivity contribution in [2.24, 2.45) is 0 Å². The quantitative estimate of drug-likeness (QED) is 0.874. The van der Waals surface area contributed by atoms with Gasteiger partial charge in [0, 0.05) is 0 Å². The highest BCUT2D eigenvalue weighted by Gasteiger charge is 2.11. The summed E-state index contributed by atoms with van der Waals surface area (Å²) in [6.07, 6.45) is 3.65. The van der Waals surface area contributed by atoms with Crippen LogP contribution in [0.2, 0.25) is 0 Å². The monoisotopic (exact) mass is 278 g/mol. The third-order valence-corrected chi connectivity index (χ3v) is 3.75. The van der Waals surface area contributed by atoms with Crippen LogP contribution in [0, 0.1) is 11.8 Å². The number of aliphatic hydroxyl groups excluding tert-OH is 1. The second-order valence-electron chi connectivity index (χ2n) is 5.20. The number of benzene rings is 2. The van der Waals surface area contributed by atoms with E-state index in [0.29, 0.717) is 6.61 Å². The van der Waals surface area contributed by atoms with Crippen molar-refractivity contribution in [2.45, 2.75) is 25.9 Å². The molecule has 0 aromatic heterocycles. The summed E-state index contributed by atoms with van der Waals surface area (Å²) in [5.41, 5.74) is 4.95. The van der Waals surface area contributed by atoms with Crippen LogP contribution in [0.15, 0.2) is 42.5 Å². The standard InChI is InChI=1S/C19H18O2/c20-12-4-8-17-5-1-2-9-19(17)21-14-15-10-11-16-6-3-7-18(16)13-15/h1-2,5,9-11,13,20H,3,6-7,12,14H2. The predicted octanol–water partition coefficient (Wildman–Crippen LogP) is 3.10. The Morgan fingerprint density at radius 1 is 1.05 bits per heavy atom. The Kier molecular flexibility index (Phi) is 4.23. The van der Waals surface area contributed by atoms with Crippen molar-refractivity contribution in [1.29, 1.82) is 0 Å². The highest BCUT2D eigenvalue weighted by Crippen LogP contribution is 2.24. The molecule has 0 bridgehead atoms. The summed E-state index contributed by atoms with van der Waals surface area (Å²) in [6, 6.07) is 14.3. The predicted molar refractivity (Wildman–Crippen MR) is 83.2 cm³/mol. The molecule has 0 amide bonds. The van der Waals surface area contributed by atoms with E-state index in [1.165, 1.54) is 36.0 Å². The number of hydrogen-bond donors (Lipinski definition) is 1. The van der Waals surface area contributed by atoms with Crippen LogP contribution in [0.5, 0.6) is 5.75 Å². The SMILES string of the molecule is OCC#Cc1ccccc1OCc1ccc2c(c1)CCC2. The molecule has 21 heavy (non-hydrogen) atoms. The Labute approximate surface area is 125 Å². The van der Waals surface area contributed by atoms with Crippen molar-refractivity contribution in [3.05, 3.63) is 64.7 Å². The summed E-state index contributed by atoms with van der Waals surface area (Å²) in [5.74, 6) is 6.34. The lowest BCUT2D eigenvalue weighted by Crippen LogP contribution is -1.98. The molecule has 2 heteroatoms. The molecule has 0 saturated heterocycles. The van der Waals surface area contributed by atoms with Crippen LogP contribution in [0.3, 0.4) is 0 Å². The maximum Gasteiger partial charge on any atom is 0.135 e. The van der Waals surface area contributed by atoms with Crippen LogP contribution in [0.25, 0.3) is 0 Å². The molecule has 0 heterocycles. The summed E-state index contributed by atoms with van der Waals surface area (Å²) in [6.45, 7) is 0.407. The molecule has 1 N–H and O–H groups in total. The van der Waals surface area contributed by atoms with Crippen molar-refractivity contribution < 1.29 is 9.84 Å². The molecule has 0 atom stereocenters. The minimum Gasteiger partial charge on any atom is -0.488 e. The highest BCUT2D eigenvalue weighted by atomic mass is 16.5. The normalized spacial score (nSPS) is 12.4. The van der Waals surface area contributed by atoms with Gasteiger partial charge in [-0.1, -0.05) is 42.2 Å². The molecular formula is C19H18O2. The van der Waals surface area contributed by atoms with Crippen LogP contribution in [0.1, 0.15) is 28.7 Å². The summed E-state index contributed by atoms with van der Waals surface area (Å²) in [4.78, 5) is 0. The third-order valence-electron chi connectivity index (χ3n) is 3.75. The molecular weight excluding hydrogens is 260 g/mol.